The summed E-state index contributed by atoms with van der Waals surface area (Å²) in [5, 5.41) is 18.5. The van der Waals surface area contributed by atoms with Crippen LogP contribution in [0.25, 0.3) is 22.3 Å². The highest BCUT2D eigenvalue weighted by atomic mass is 31.2. The van der Waals surface area contributed by atoms with Gasteiger partial charge in [-0.2, -0.15) is 0 Å². The zero-order valence-corrected chi connectivity index (χ0v) is 22.4. The van der Waals surface area contributed by atoms with Crippen LogP contribution in [0.3, 0.4) is 0 Å². The van der Waals surface area contributed by atoms with Gasteiger partial charge in [0.05, 0.1) is 31.7 Å². The molecule has 6 rings (SSSR count). The van der Waals surface area contributed by atoms with Gasteiger partial charge in [0.2, 0.25) is 0 Å². The van der Waals surface area contributed by atoms with Crippen LogP contribution in [0.4, 0.5) is 5.82 Å². The van der Waals surface area contributed by atoms with Gasteiger partial charge in [-0.1, -0.05) is 0 Å². The summed E-state index contributed by atoms with van der Waals surface area (Å²) in [5.41, 5.74) is 6.81. The molecule has 0 spiro atoms. The van der Waals surface area contributed by atoms with Crippen LogP contribution in [-0.2, 0) is 9.30 Å². The van der Waals surface area contributed by atoms with Gasteiger partial charge < -0.3 is 50.3 Å². The number of aliphatic hydroxyl groups excluding tert-OH is 2. The summed E-state index contributed by atoms with van der Waals surface area (Å²) in [5.74, 6) is 0.433. The molecule has 1 aliphatic rings. The van der Waals surface area contributed by atoms with Crippen LogP contribution in [-0.4, -0.2) is 93.1 Å². The Morgan fingerprint density at radius 3 is 2.10 bits per heavy atom. The lowest BCUT2D eigenvalue weighted by Gasteiger charge is -2.14. The van der Waals surface area contributed by atoms with Crippen LogP contribution >= 0.6 is 7.82 Å². The van der Waals surface area contributed by atoms with Gasteiger partial charge in [0.1, 0.15) is 24.2 Å². The van der Waals surface area contributed by atoms with Crippen LogP contribution in [0.2, 0.25) is 0 Å². The number of aryl methyl sites for hydroxylation is 1. The molecule has 0 aromatic carbocycles. The van der Waals surface area contributed by atoms with E-state index in [4.69, 9.17) is 34.8 Å². The fourth-order valence-electron chi connectivity index (χ4n) is 3.41. The molecule has 22 heteroatoms. The Bertz CT molecular complexity index is 1830. The summed E-state index contributed by atoms with van der Waals surface area (Å²) in [7, 11) is -4.64. The number of ether oxygens (including phenoxy) is 1. The average molecular weight is 611 g/mol. The van der Waals surface area contributed by atoms with E-state index in [1.54, 1.807) is 6.92 Å². The van der Waals surface area contributed by atoms with Crippen LogP contribution in [0.15, 0.2) is 45.9 Å². The number of fused-ring (bicyclic) bond motifs is 2. The molecule has 21 nitrogen and oxygen atoms in total. The summed E-state index contributed by atoms with van der Waals surface area (Å²) >= 11 is 0. The number of nitrogens with zero attached hydrogens (tertiary/aromatic N) is 6. The first kappa shape index (κ1) is 31.9. The van der Waals surface area contributed by atoms with Gasteiger partial charge in [-0.3, -0.25) is 19.1 Å². The molecule has 1 fully saturated rings. The number of hydrogen-bond acceptors (Lipinski definition) is 13. The van der Waals surface area contributed by atoms with E-state index in [-0.39, 0.29) is 18.6 Å². The number of phosphoric acid groups is 1. The normalized spacial score (nSPS) is 17.9. The predicted octanol–water partition coefficient (Wildman–Crippen LogP) is -2.86. The molecule has 3 atom stereocenters. The number of nitrogens with one attached hydrogen (secondary N) is 4. The average Bonchev–Trinajstić information content (AvgIpc) is 3.67. The number of H-pyrrole nitrogens is 4. The lowest BCUT2D eigenvalue weighted by molar-refractivity contribution is -0.0459. The van der Waals surface area contributed by atoms with Gasteiger partial charge in [-0.05, 0) is 6.92 Å². The third kappa shape index (κ3) is 8.68. The Hall–Kier alpha value is -4.63. The third-order valence-corrected chi connectivity index (χ3v) is 5.32. The maximum absolute atomic E-state index is 11.6. The molecule has 0 unspecified atom stereocenters. The van der Waals surface area contributed by atoms with Gasteiger partial charge in [0, 0.05) is 18.2 Å². The number of aliphatic hydroxyl groups is 2. The topological polar surface area (TPSA) is 337 Å². The fourth-order valence-corrected chi connectivity index (χ4v) is 3.41. The molecule has 0 radical (unpaired) electrons. The summed E-state index contributed by atoms with van der Waals surface area (Å²) in [6.45, 7) is 1.26. The molecule has 1 saturated heterocycles. The van der Waals surface area contributed by atoms with Gasteiger partial charge in [0.25, 0.3) is 11.1 Å². The highest BCUT2D eigenvalue weighted by Crippen LogP contribution is 2.27. The molecule has 5 aromatic heterocycles. The minimum absolute atomic E-state index is 0.192. The van der Waals surface area contributed by atoms with E-state index < -0.39 is 37.5 Å². The lowest BCUT2D eigenvalue weighted by Crippen LogP contribution is -2.33. The molecule has 11 N–H and O–H groups in total. The van der Waals surface area contributed by atoms with E-state index in [1.807, 2.05) is 0 Å². The van der Waals surface area contributed by atoms with Crippen molar-refractivity contribution in [3.8, 4) is 0 Å². The van der Waals surface area contributed by atoms with Gasteiger partial charge in [0.15, 0.2) is 22.6 Å². The monoisotopic (exact) mass is 611 g/mol. The molecule has 0 saturated carbocycles. The van der Waals surface area contributed by atoms with E-state index in [0.29, 0.717) is 33.7 Å². The maximum Gasteiger partial charge on any atom is 0.466 e. The smallest absolute Gasteiger partial charge is 0.394 e. The SMILES string of the molecule is Cc1cn([C@H]2C[C@H](O)[C@@H](CO)O2)c(=O)[nH]c1=O.Nc1ncnc2nc[nH]c12.O=P(O)(O)O.O=c1[nH]cnc2nc[nH]c12. The van der Waals surface area contributed by atoms with E-state index in [1.165, 1.54) is 36.1 Å². The highest BCUT2D eigenvalue weighted by molar-refractivity contribution is 7.45. The zero-order valence-electron chi connectivity index (χ0n) is 21.5. The molecular formula is C20H26N11O10P. The number of rotatable bonds is 2. The van der Waals surface area contributed by atoms with Crippen LogP contribution in [0.1, 0.15) is 18.2 Å². The fraction of sp³-hybridized carbons (Fsp3) is 0.300. The van der Waals surface area contributed by atoms with Crippen molar-refractivity contribution in [1.82, 2.24) is 49.4 Å². The number of aromatic nitrogens is 10. The Kier molecular flexibility index (Phi) is 10.5. The summed E-state index contributed by atoms with van der Waals surface area (Å²) < 4.78 is 15.4. The van der Waals surface area contributed by atoms with Crippen molar-refractivity contribution in [3.05, 3.63) is 68.3 Å². The first-order valence-corrected chi connectivity index (χ1v) is 13.2. The quantitative estimate of drug-likeness (QED) is 0.0897. The number of nitrogen functional groups attached to an aromatic ring is 1. The minimum atomic E-state index is -4.64. The predicted molar refractivity (Wildman–Crippen MR) is 143 cm³/mol. The molecule has 0 bridgehead atoms. The summed E-state index contributed by atoms with van der Waals surface area (Å²) in [6, 6.07) is 0. The molecule has 0 amide bonds. The number of imidazole rings is 2. The van der Waals surface area contributed by atoms with Crippen molar-refractivity contribution in [2.45, 2.75) is 31.8 Å². The minimum Gasteiger partial charge on any atom is -0.394 e. The van der Waals surface area contributed by atoms with Gasteiger partial charge in [-0.15, -0.1) is 0 Å². The van der Waals surface area contributed by atoms with Gasteiger partial charge >= 0.3 is 13.5 Å². The first-order valence-electron chi connectivity index (χ1n) is 11.6. The van der Waals surface area contributed by atoms with Gasteiger partial charge in [-0.25, -0.2) is 34.3 Å². The highest BCUT2D eigenvalue weighted by Gasteiger charge is 2.34. The van der Waals surface area contributed by atoms with E-state index in [9.17, 15) is 19.5 Å². The molecule has 226 valence electrons. The van der Waals surface area contributed by atoms with Crippen LogP contribution < -0.4 is 22.5 Å². The standard InChI is InChI=1S/C10H14N2O5.C5H5N5.C5H4N4O.H3O4P/c1-5-3-12(10(16)11-9(5)15)8-2-6(14)7(4-13)17-8;6-4-3-5(9-1-7-3)10-2-8-4;10-5-3-4(7-1-6-3)8-2-9-5;1-5(2,3)4/h3,6-8,13-14H,2,4H2,1H3,(H,11,15,16);1-2H,(H3,6,7,8,9,10);1-2H,(H2,6,7,8,9,10);(H3,1,2,3,4)/t6-,7+,8+;;;/m0.../s1. The second kappa shape index (κ2) is 13.8. The molecule has 1 aliphatic heterocycles. The summed E-state index contributed by atoms with van der Waals surface area (Å²) in [6.07, 6.45) is 5.11. The first-order chi connectivity index (χ1) is 19.8. The Balaban J connectivity index is 0.000000167. The van der Waals surface area contributed by atoms with Crippen molar-refractivity contribution in [3.63, 3.8) is 0 Å². The molecule has 6 heterocycles. The van der Waals surface area contributed by atoms with Crippen molar-refractivity contribution in [2.75, 3.05) is 12.3 Å². The number of nitrogens with two attached hydrogens (primary N) is 1. The zero-order chi connectivity index (χ0) is 31.0. The van der Waals surface area contributed by atoms with E-state index in [2.05, 4.69) is 44.9 Å². The molecular weight excluding hydrogens is 585 g/mol. The number of aromatic amines is 4. The van der Waals surface area contributed by atoms with Crippen molar-refractivity contribution in [2.24, 2.45) is 0 Å². The lowest BCUT2D eigenvalue weighted by atomic mass is 10.2. The second-order valence-corrected chi connectivity index (χ2v) is 9.33. The van der Waals surface area contributed by atoms with Crippen molar-refractivity contribution < 1.29 is 34.2 Å². The second-order valence-electron chi connectivity index (χ2n) is 8.30. The van der Waals surface area contributed by atoms with E-state index in [0.717, 1.165) is 0 Å². The molecule has 5 aromatic rings. The Morgan fingerprint density at radius 1 is 0.976 bits per heavy atom. The van der Waals surface area contributed by atoms with Crippen molar-refractivity contribution >= 4 is 36.0 Å². The molecule has 42 heavy (non-hydrogen) atoms. The molecule has 0 aliphatic carbocycles. The Morgan fingerprint density at radius 2 is 1.55 bits per heavy atom. The van der Waals surface area contributed by atoms with Crippen LogP contribution in [0, 0.1) is 6.92 Å². The van der Waals surface area contributed by atoms with Crippen molar-refractivity contribution in [1.29, 1.82) is 0 Å². The number of hydrogen-bond donors (Lipinski definition) is 10. The van der Waals surface area contributed by atoms with E-state index >= 15 is 0 Å². The maximum atomic E-state index is 11.6. The largest absolute Gasteiger partial charge is 0.466 e. The number of anilines is 1. The third-order valence-electron chi connectivity index (χ3n) is 5.32. The Labute approximate surface area is 232 Å². The van der Waals surface area contributed by atoms with Crippen LogP contribution in [0.5, 0.6) is 0 Å². The summed E-state index contributed by atoms with van der Waals surface area (Å²) in [4.78, 5) is 84.4.